The summed E-state index contributed by atoms with van der Waals surface area (Å²) < 4.78 is 0. The molecule has 1 saturated carbocycles. The molecule has 1 amide bonds. The highest BCUT2D eigenvalue weighted by molar-refractivity contribution is 5.77. The summed E-state index contributed by atoms with van der Waals surface area (Å²) in [4.78, 5) is 11.6. The van der Waals surface area contributed by atoms with Crippen molar-refractivity contribution in [2.75, 3.05) is 6.54 Å². The molecule has 1 rings (SSSR count). The molecule has 0 bridgehead atoms. The molecule has 0 radical (unpaired) electrons. The Morgan fingerprint density at radius 1 is 1.40 bits per heavy atom. The first-order chi connectivity index (χ1) is 6.92. The van der Waals surface area contributed by atoms with Crippen LogP contribution in [0.3, 0.4) is 0 Å². The van der Waals surface area contributed by atoms with Crippen LogP contribution in [0.2, 0.25) is 0 Å². The van der Waals surface area contributed by atoms with Gasteiger partial charge < -0.3 is 10.6 Å². The van der Waals surface area contributed by atoms with Gasteiger partial charge >= 0.3 is 0 Å². The minimum absolute atomic E-state index is 0.00505. The molecule has 0 aromatic carbocycles. The molecule has 1 aliphatic rings. The van der Waals surface area contributed by atoms with Crippen molar-refractivity contribution >= 4 is 5.91 Å². The van der Waals surface area contributed by atoms with Crippen molar-refractivity contribution < 1.29 is 4.79 Å². The molecular weight excluding hydrogens is 188 g/mol. The van der Waals surface area contributed by atoms with E-state index in [1.165, 1.54) is 12.8 Å². The van der Waals surface area contributed by atoms with E-state index < -0.39 is 0 Å². The molecule has 3 heteroatoms. The number of amides is 1. The summed E-state index contributed by atoms with van der Waals surface area (Å²) in [5.41, 5.74) is -0.00505. The van der Waals surface area contributed by atoms with Gasteiger partial charge in [0.05, 0.1) is 0 Å². The summed E-state index contributed by atoms with van der Waals surface area (Å²) in [6.07, 6.45) is 3.10. The van der Waals surface area contributed by atoms with E-state index in [-0.39, 0.29) is 11.4 Å². The van der Waals surface area contributed by atoms with E-state index in [2.05, 4.69) is 38.3 Å². The van der Waals surface area contributed by atoms with Gasteiger partial charge in [-0.25, -0.2) is 0 Å². The fraction of sp³-hybridized carbons (Fsp3) is 0.917. The molecule has 0 aromatic rings. The molecule has 2 N–H and O–H groups in total. The zero-order valence-corrected chi connectivity index (χ0v) is 10.4. The third-order valence-electron chi connectivity index (χ3n) is 2.96. The summed E-state index contributed by atoms with van der Waals surface area (Å²) in [6.45, 7) is 9.19. The molecule has 0 spiro atoms. The van der Waals surface area contributed by atoms with Crippen LogP contribution in [0.15, 0.2) is 0 Å². The van der Waals surface area contributed by atoms with Gasteiger partial charge in [-0.05, 0) is 32.6 Å². The Labute approximate surface area is 93.0 Å². The van der Waals surface area contributed by atoms with Crippen LogP contribution in [0.1, 0.15) is 47.0 Å². The van der Waals surface area contributed by atoms with E-state index in [0.29, 0.717) is 18.4 Å². The Kier molecular flexibility index (Phi) is 4.14. The lowest BCUT2D eigenvalue weighted by molar-refractivity contribution is -0.122. The van der Waals surface area contributed by atoms with Crippen molar-refractivity contribution in [1.82, 2.24) is 10.6 Å². The van der Waals surface area contributed by atoms with Gasteiger partial charge in [-0.3, -0.25) is 4.79 Å². The SMILES string of the molecule is CC(C)NCCC(=O)NC(C)(C)C1CC1. The second-order valence-electron chi connectivity index (χ2n) is 5.40. The third kappa shape index (κ3) is 4.65. The van der Waals surface area contributed by atoms with Crippen molar-refractivity contribution in [2.45, 2.75) is 58.5 Å². The molecule has 15 heavy (non-hydrogen) atoms. The third-order valence-corrected chi connectivity index (χ3v) is 2.96. The lowest BCUT2D eigenvalue weighted by atomic mass is 9.98. The molecule has 3 nitrogen and oxygen atoms in total. The molecule has 0 unspecified atom stereocenters. The summed E-state index contributed by atoms with van der Waals surface area (Å²) >= 11 is 0. The maximum Gasteiger partial charge on any atom is 0.221 e. The number of rotatable bonds is 6. The first-order valence-electron chi connectivity index (χ1n) is 5.96. The van der Waals surface area contributed by atoms with Crippen molar-refractivity contribution in [2.24, 2.45) is 5.92 Å². The fourth-order valence-electron chi connectivity index (χ4n) is 1.80. The molecule has 0 heterocycles. The molecule has 0 aromatic heterocycles. The average Bonchev–Trinajstić information content (AvgIpc) is 2.83. The van der Waals surface area contributed by atoms with Crippen molar-refractivity contribution in [3.8, 4) is 0 Å². The highest BCUT2D eigenvalue weighted by Crippen LogP contribution is 2.39. The van der Waals surface area contributed by atoms with Crippen LogP contribution >= 0.6 is 0 Å². The minimum Gasteiger partial charge on any atom is -0.351 e. The Morgan fingerprint density at radius 3 is 2.47 bits per heavy atom. The molecule has 0 atom stereocenters. The van der Waals surface area contributed by atoms with Crippen LogP contribution in [-0.2, 0) is 4.79 Å². The highest BCUT2D eigenvalue weighted by Gasteiger charge is 2.38. The van der Waals surface area contributed by atoms with Crippen LogP contribution in [0.4, 0.5) is 0 Å². The number of hydrogen-bond donors (Lipinski definition) is 2. The first-order valence-corrected chi connectivity index (χ1v) is 5.96. The predicted octanol–water partition coefficient (Wildman–Crippen LogP) is 1.68. The van der Waals surface area contributed by atoms with Crippen LogP contribution in [-0.4, -0.2) is 24.0 Å². The van der Waals surface area contributed by atoms with E-state index in [4.69, 9.17) is 0 Å². The van der Waals surface area contributed by atoms with Crippen molar-refractivity contribution in [3.63, 3.8) is 0 Å². The van der Waals surface area contributed by atoms with Crippen molar-refractivity contribution in [1.29, 1.82) is 0 Å². The monoisotopic (exact) mass is 212 g/mol. The largest absolute Gasteiger partial charge is 0.351 e. The van der Waals surface area contributed by atoms with E-state index >= 15 is 0 Å². The van der Waals surface area contributed by atoms with Gasteiger partial charge in [0, 0.05) is 24.5 Å². The van der Waals surface area contributed by atoms with E-state index in [0.717, 1.165) is 6.54 Å². The molecule has 1 fully saturated rings. The van der Waals surface area contributed by atoms with Gasteiger partial charge in [0.1, 0.15) is 0 Å². The molecule has 1 aliphatic carbocycles. The van der Waals surface area contributed by atoms with E-state index in [1.54, 1.807) is 0 Å². The van der Waals surface area contributed by atoms with Gasteiger partial charge in [-0.15, -0.1) is 0 Å². The summed E-state index contributed by atoms with van der Waals surface area (Å²) in [5, 5.41) is 6.36. The number of hydrogen-bond acceptors (Lipinski definition) is 2. The Hall–Kier alpha value is -0.570. The molecule has 88 valence electrons. The van der Waals surface area contributed by atoms with E-state index in [1.807, 2.05) is 0 Å². The van der Waals surface area contributed by atoms with Crippen LogP contribution in [0.25, 0.3) is 0 Å². The van der Waals surface area contributed by atoms with Gasteiger partial charge in [0.2, 0.25) is 5.91 Å². The van der Waals surface area contributed by atoms with Crippen LogP contribution in [0, 0.1) is 5.92 Å². The second kappa shape index (κ2) is 4.97. The topological polar surface area (TPSA) is 41.1 Å². The Morgan fingerprint density at radius 2 is 2.00 bits per heavy atom. The Balaban J connectivity index is 2.17. The highest BCUT2D eigenvalue weighted by atomic mass is 16.1. The normalized spacial score (nSPS) is 16.9. The average molecular weight is 212 g/mol. The summed E-state index contributed by atoms with van der Waals surface area (Å²) in [7, 11) is 0. The minimum atomic E-state index is -0.00505. The summed E-state index contributed by atoms with van der Waals surface area (Å²) in [6, 6.07) is 0.453. The number of carbonyl (C=O) groups excluding carboxylic acids is 1. The zero-order valence-electron chi connectivity index (χ0n) is 10.4. The first kappa shape index (κ1) is 12.5. The standard InChI is InChI=1S/C12H24N2O/c1-9(2)13-8-7-11(15)14-12(3,4)10-5-6-10/h9-10,13H,5-8H2,1-4H3,(H,14,15). The van der Waals surface area contributed by atoms with Crippen LogP contribution < -0.4 is 10.6 Å². The zero-order chi connectivity index (χ0) is 11.5. The second-order valence-corrected chi connectivity index (χ2v) is 5.40. The van der Waals surface area contributed by atoms with Crippen molar-refractivity contribution in [3.05, 3.63) is 0 Å². The lowest BCUT2D eigenvalue weighted by Gasteiger charge is -2.26. The maximum absolute atomic E-state index is 11.6. The fourth-order valence-corrected chi connectivity index (χ4v) is 1.80. The predicted molar refractivity (Wildman–Crippen MR) is 62.7 cm³/mol. The lowest BCUT2D eigenvalue weighted by Crippen LogP contribution is -2.46. The molecule has 0 aliphatic heterocycles. The van der Waals surface area contributed by atoms with Gasteiger partial charge in [0.25, 0.3) is 0 Å². The summed E-state index contributed by atoms with van der Waals surface area (Å²) in [5.74, 6) is 0.861. The molecule has 0 saturated heterocycles. The van der Waals surface area contributed by atoms with Gasteiger partial charge in [0.15, 0.2) is 0 Å². The van der Waals surface area contributed by atoms with Gasteiger partial charge in [-0.2, -0.15) is 0 Å². The quantitative estimate of drug-likeness (QED) is 0.703. The number of carbonyl (C=O) groups is 1. The van der Waals surface area contributed by atoms with Crippen LogP contribution in [0.5, 0.6) is 0 Å². The van der Waals surface area contributed by atoms with Gasteiger partial charge in [-0.1, -0.05) is 13.8 Å². The maximum atomic E-state index is 11.6. The van der Waals surface area contributed by atoms with E-state index in [9.17, 15) is 4.79 Å². The number of nitrogens with one attached hydrogen (secondary N) is 2. The smallest absolute Gasteiger partial charge is 0.221 e. The molecular formula is C12H24N2O. The Bertz CT molecular complexity index is 220.